The van der Waals surface area contributed by atoms with E-state index in [1.807, 2.05) is 30.3 Å². The van der Waals surface area contributed by atoms with Crippen molar-refractivity contribution in [2.24, 2.45) is 0 Å². The van der Waals surface area contributed by atoms with Crippen LogP contribution in [0.5, 0.6) is 0 Å². The van der Waals surface area contributed by atoms with Crippen LogP contribution >= 0.6 is 0 Å². The fourth-order valence-corrected chi connectivity index (χ4v) is 3.27. The van der Waals surface area contributed by atoms with E-state index < -0.39 is 35.9 Å². The van der Waals surface area contributed by atoms with E-state index in [9.17, 15) is 19.2 Å². The van der Waals surface area contributed by atoms with Gasteiger partial charge in [-0.25, -0.2) is 5.43 Å². The second-order valence-electron chi connectivity index (χ2n) is 7.47. The van der Waals surface area contributed by atoms with Crippen LogP contribution in [-0.4, -0.2) is 58.5 Å². The van der Waals surface area contributed by atoms with Gasteiger partial charge in [-0.05, 0) is 32.3 Å². The van der Waals surface area contributed by atoms with E-state index in [1.54, 1.807) is 19.1 Å². The van der Waals surface area contributed by atoms with Gasteiger partial charge in [-0.15, -0.1) is 0 Å². The predicted molar refractivity (Wildman–Crippen MR) is 115 cm³/mol. The lowest BCUT2D eigenvalue weighted by atomic mass is 10.0. The van der Waals surface area contributed by atoms with Crippen LogP contribution in [0.4, 0.5) is 0 Å². The van der Waals surface area contributed by atoms with Gasteiger partial charge in [0.25, 0.3) is 5.91 Å². The highest BCUT2D eigenvalue weighted by Crippen LogP contribution is 2.09. The summed E-state index contributed by atoms with van der Waals surface area (Å²) in [6.45, 7) is 3.70. The van der Waals surface area contributed by atoms with E-state index in [4.69, 9.17) is 5.11 Å². The average molecular weight is 431 g/mol. The highest BCUT2D eigenvalue weighted by atomic mass is 16.4. The second kappa shape index (κ2) is 11.8. The summed E-state index contributed by atoms with van der Waals surface area (Å²) < 4.78 is 0. The monoisotopic (exact) mass is 430 g/mol. The van der Waals surface area contributed by atoms with Gasteiger partial charge in [-0.2, -0.15) is 0 Å². The van der Waals surface area contributed by atoms with Crippen LogP contribution in [0.1, 0.15) is 38.7 Å². The Morgan fingerprint density at radius 3 is 2.58 bits per heavy atom. The van der Waals surface area contributed by atoms with Crippen molar-refractivity contribution >= 4 is 23.7 Å². The molecular formula is C22H30N4O5. The summed E-state index contributed by atoms with van der Waals surface area (Å²) in [7, 11) is 0. The van der Waals surface area contributed by atoms with Gasteiger partial charge in [0.05, 0.1) is 0 Å². The fourth-order valence-electron chi connectivity index (χ4n) is 3.27. The van der Waals surface area contributed by atoms with Crippen LogP contribution in [0.25, 0.3) is 0 Å². The Morgan fingerprint density at radius 1 is 1.23 bits per heavy atom. The van der Waals surface area contributed by atoms with Crippen molar-refractivity contribution in [2.75, 3.05) is 6.54 Å². The minimum atomic E-state index is -1.03. The molecule has 1 aliphatic rings. The van der Waals surface area contributed by atoms with Gasteiger partial charge in [0.15, 0.2) is 0 Å². The molecule has 168 valence electrons. The maximum absolute atomic E-state index is 12.9. The van der Waals surface area contributed by atoms with Crippen molar-refractivity contribution in [3.8, 4) is 0 Å². The Balaban J connectivity index is 2.03. The number of hydrazine groups is 1. The molecule has 9 heteroatoms. The molecule has 3 amide bonds. The predicted octanol–water partition coefficient (Wildman–Crippen LogP) is 0.765. The lowest BCUT2D eigenvalue weighted by molar-refractivity contribution is -0.148. The van der Waals surface area contributed by atoms with Crippen molar-refractivity contribution in [2.45, 2.75) is 57.7 Å². The zero-order valence-corrected chi connectivity index (χ0v) is 17.8. The van der Waals surface area contributed by atoms with Crippen molar-refractivity contribution in [1.29, 1.82) is 0 Å². The summed E-state index contributed by atoms with van der Waals surface area (Å²) in [6.07, 6.45) is 4.85. The molecule has 4 N–H and O–H groups in total. The van der Waals surface area contributed by atoms with Crippen molar-refractivity contribution in [3.63, 3.8) is 0 Å². The number of carboxylic acids is 1. The first-order valence-corrected chi connectivity index (χ1v) is 10.4. The van der Waals surface area contributed by atoms with Gasteiger partial charge in [0, 0.05) is 19.4 Å². The smallest absolute Gasteiger partial charge is 0.322 e. The van der Waals surface area contributed by atoms with E-state index in [0.717, 1.165) is 5.56 Å². The number of nitrogens with one attached hydrogen (secondary N) is 3. The highest BCUT2D eigenvalue weighted by molar-refractivity contribution is 5.92. The summed E-state index contributed by atoms with van der Waals surface area (Å²) in [5.74, 6) is -2.24. The molecule has 1 saturated heterocycles. The molecule has 1 unspecified atom stereocenters. The number of hydrogen-bond donors (Lipinski definition) is 4. The van der Waals surface area contributed by atoms with Crippen LogP contribution in [-0.2, 0) is 25.6 Å². The van der Waals surface area contributed by atoms with Crippen molar-refractivity contribution < 1.29 is 24.3 Å². The van der Waals surface area contributed by atoms with E-state index in [1.165, 1.54) is 11.9 Å². The Labute approximate surface area is 181 Å². The van der Waals surface area contributed by atoms with E-state index in [0.29, 0.717) is 19.4 Å². The molecule has 31 heavy (non-hydrogen) atoms. The van der Waals surface area contributed by atoms with Crippen LogP contribution < -0.4 is 16.1 Å². The number of amides is 3. The zero-order chi connectivity index (χ0) is 22.8. The summed E-state index contributed by atoms with van der Waals surface area (Å²) in [4.78, 5) is 49.0. The maximum atomic E-state index is 12.9. The van der Waals surface area contributed by atoms with Crippen LogP contribution in [0.3, 0.4) is 0 Å². The molecule has 1 fully saturated rings. The van der Waals surface area contributed by atoms with Gasteiger partial charge in [-0.3, -0.25) is 24.2 Å². The number of nitrogens with zero attached hydrogens (tertiary/aromatic N) is 1. The van der Waals surface area contributed by atoms with E-state index in [-0.39, 0.29) is 18.7 Å². The molecule has 2 rings (SSSR count). The number of allylic oxidation sites excluding steroid dienone is 1. The molecule has 0 aliphatic carbocycles. The normalized spacial score (nSPS) is 18.3. The fraction of sp³-hybridized carbons (Fsp3) is 0.455. The number of benzene rings is 1. The number of carbonyl (C=O) groups excluding carboxylic acids is 3. The second-order valence-corrected chi connectivity index (χ2v) is 7.47. The molecule has 1 aromatic carbocycles. The number of rotatable bonds is 9. The van der Waals surface area contributed by atoms with Gasteiger partial charge in [0.2, 0.25) is 11.8 Å². The molecule has 0 bridgehead atoms. The Bertz CT molecular complexity index is 811. The first-order chi connectivity index (χ1) is 14.8. The van der Waals surface area contributed by atoms with Gasteiger partial charge >= 0.3 is 5.97 Å². The van der Waals surface area contributed by atoms with Crippen LogP contribution in [0.15, 0.2) is 42.5 Å². The first-order valence-electron chi connectivity index (χ1n) is 10.4. The average Bonchev–Trinajstić information content (AvgIpc) is 2.77. The Kier molecular flexibility index (Phi) is 9.20. The summed E-state index contributed by atoms with van der Waals surface area (Å²) in [5.41, 5.74) is 3.56. The molecule has 0 spiro atoms. The third-order valence-electron chi connectivity index (χ3n) is 4.95. The third-order valence-corrected chi connectivity index (χ3v) is 4.95. The summed E-state index contributed by atoms with van der Waals surface area (Å²) in [5, 5.41) is 15.8. The molecule has 0 radical (unpaired) electrons. The van der Waals surface area contributed by atoms with Gasteiger partial charge in [0.1, 0.15) is 18.1 Å². The topological polar surface area (TPSA) is 128 Å². The molecular weight excluding hydrogens is 400 g/mol. The number of carboxylic acid groups (broad SMARTS) is 1. The molecule has 0 saturated carbocycles. The SMILES string of the molecule is C/C=C/CC(=O)N[C@@H](Cc1ccccc1)C(=O)NC(C)C(=O)N1CCC[C@@H](C(=O)O)N1. The number of aliphatic carboxylic acids is 1. The quantitative estimate of drug-likeness (QED) is 0.429. The van der Waals surface area contributed by atoms with Crippen LogP contribution in [0.2, 0.25) is 0 Å². The maximum Gasteiger partial charge on any atom is 0.322 e. The van der Waals surface area contributed by atoms with E-state index in [2.05, 4.69) is 16.1 Å². The molecule has 1 aliphatic heterocycles. The minimum Gasteiger partial charge on any atom is -0.480 e. The van der Waals surface area contributed by atoms with Crippen molar-refractivity contribution in [3.05, 3.63) is 48.0 Å². The van der Waals surface area contributed by atoms with Crippen molar-refractivity contribution in [1.82, 2.24) is 21.1 Å². The standard InChI is InChI=1S/C22H30N4O5/c1-3-4-12-19(27)24-18(14-16-9-6-5-7-10-16)20(28)23-15(2)21(29)26-13-8-11-17(25-26)22(30)31/h3-7,9-10,15,17-18,25H,8,11-14H2,1-2H3,(H,23,28)(H,24,27)(H,30,31)/b4-3+/t15?,17-,18-/m0/s1. The molecule has 0 aromatic heterocycles. The molecule has 1 aromatic rings. The first kappa shape index (κ1) is 24.1. The molecule has 3 atom stereocenters. The lowest BCUT2D eigenvalue weighted by Crippen LogP contribution is -2.60. The lowest BCUT2D eigenvalue weighted by Gasteiger charge is -2.33. The highest BCUT2D eigenvalue weighted by Gasteiger charge is 2.31. The van der Waals surface area contributed by atoms with E-state index >= 15 is 0 Å². The van der Waals surface area contributed by atoms with Crippen LogP contribution in [0, 0.1) is 0 Å². The Hall–Kier alpha value is -3.20. The molecule has 9 nitrogen and oxygen atoms in total. The van der Waals surface area contributed by atoms with Gasteiger partial charge < -0.3 is 15.7 Å². The largest absolute Gasteiger partial charge is 0.480 e. The van der Waals surface area contributed by atoms with Gasteiger partial charge in [-0.1, -0.05) is 42.5 Å². The zero-order valence-electron chi connectivity index (χ0n) is 17.8. The number of hydrogen-bond acceptors (Lipinski definition) is 5. The number of carbonyl (C=O) groups is 4. The Morgan fingerprint density at radius 2 is 1.94 bits per heavy atom. The minimum absolute atomic E-state index is 0.151. The summed E-state index contributed by atoms with van der Waals surface area (Å²) in [6, 6.07) is 6.69. The molecule has 1 heterocycles. The third kappa shape index (κ3) is 7.53. The summed E-state index contributed by atoms with van der Waals surface area (Å²) >= 11 is 0.